The summed E-state index contributed by atoms with van der Waals surface area (Å²) in [5, 5.41) is 4.12. The lowest BCUT2D eigenvalue weighted by molar-refractivity contribution is 0.103. The number of para-hydroxylation sites is 2. The fourth-order valence-corrected chi connectivity index (χ4v) is 3.69. The lowest BCUT2D eigenvalue weighted by Crippen LogP contribution is -2.11. The summed E-state index contributed by atoms with van der Waals surface area (Å²) in [6.45, 7) is 0. The van der Waals surface area contributed by atoms with Crippen LogP contribution in [0.5, 0.6) is 11.5 Å². The highest BCUT2D eigenvalue weighted by Gasteiger charge is 2.18. The van der Waals surface area contributed by atoms with E-state index in [4.69, 9.17) is 21.1 Å². The fourth-order valence-electron chi connectivity index (χ4n) is 2.25. The van der Waals surface area contributed by atoms with Gasteiger partial charge in [0.1, 0.15) is 16.4 Å². The molecule has 1 N–H and O–H groups in total. The monoisotopic (exact) mass is 347 g/mol. The van der Waals surface area contributed by atoms with E-state index in [0.717, 1.165) is 15.8 Å². The molecule has 6 heteroatoms. The lowest BCUT2D eigenvalue weighted by Gasteiger charge is -2.08. The highest BCUT2D eigenvalue weighted by molar-refractivity contribution is 7.21. The molecule has 1 amide bonds. The minimum Gasteiger partial charge on any atom is -0.497 e. The van der Waals surface area contributed by atoms with Crippen LogP contribution in [-0.2, 0) is 0 Å². The molecule has 0 unspecified atom stereocenters. The van der Waals surface area contributed by atoms with E-state index in [9.17, 15) is 4.79 Å². The Morgan fingerprint density at radius 2 is 1.91 bits per heavy atom. The second-order valence-electron chi connectivity index (χ2n) is 4.76. The molecule has 2 aromatic carbocycles. The van der Waals surface area contributed by atoms with E-state index in [1.165, 1.54) is 11.3 Å². The number of benzene rings is 2. The largest absolute Gasteiger partial charge is 0.497 e. The average Bonchev–Trinajstić information content (AvgIpc) is 2.91. The Labute approximate surface area is 142 Å². The number of amides is 1. The third-order valence-electron chi connectivity index (χ3n) is 3.40. The molecule has 0 radical (unpaired) electrons. The summed E-state index contributed by atoms with van der Waals surface area (Å²) in [5.74, 6) is 1.06. The molecular formula is C17H14ClNO3S. The van der Waals surface area contributed by atoms with Gasteiger partial charge in [0.25, 0.3) is 5.91 Å². The minimum absolute atomic E-state index is 0.264. The van der Waals surface area contributed by atoms with E-state index < -0.39 is 0 Å². The molecule has 0 bridgehead atoms. The number of carbonyl (C=O) groups excluding carboxylic acids is 1. The molecule has 0 aliphatic carbocycles. The van der Waals surface area contributed by atoms with Crippen molar-refractivity contribution in [1.29, 1.82) is 0 Å². The lowest BCUT2D eigenvalue weighted by atomic mass is 10.2. The maximum atomic E-state index is 12.6. The second kappa shape index (κ2) is 6.48. The summed E-state index contributed by atoms with van der Waals surface area (Å²) < 4.78 is 11.3. The Bertz CT molecular complexity index is 875. The van der Waals surface area contributed by atoms with Crippen molar-refractivity contribution >= 4 is 44.6 Å². The van der Waals surface area contributed by atoms with E-state index in [0.29, 0.717) is 21.3 Å². The zero-order chi connectivity index (χ0) is 16.4. The van der Waals surface area contributed by atoms with Gasteiger partial charge in [-0.05, 0) is 30.3 Å². The van der Waals surface area contributed by atoms with Gasteiger partial charge < -0.3 is 14.8 Å². The van der Waals surface area contributed by atoms with Gasteiger partial charge in [-0.15, -0.1) is 11.3 Å². The SMILES string of the molecule is COc1ccc2c(Cl)c(C(=O)Nc3ccccc3OC)sc2c1. The van der Waals surface area contributed by atoms with Crippen molar-refractivity contribution in [3.05, 3.63) is 52.4 Å². The molecule has 0 atom stereocenters. The van der Waals surface area contributed by atoms with Gasteiger partial charge >= 0.3 is 0 Å². The summed E-state index contributed by atoms with van der Waals surface area (Å²) in [6.07, 6.45) is 0. The van der Waals surface area contributed by atoms with Crippen molar-refractivity contribution in [2.75, 3.05) is 19.5 Å². The number of methoxy groups -OCH3 is 2. The van der Waals surface area contributed by atoms with Crippen LogP contribution in [0.3, 0.4) is 0 Å². The van der Waals surface area contributed by atoms with Gasteiger partial charge in [-0.1, -0.05) is 23.7 Å². The van der Waals surface area contributed by atoms with Crippen molar-refractivity contribution in [2.45, 2.75) is 0 Å². The summed E-state index contributed by atoms with van der Waals surface area (Å²) in [5.41, 5.74) is 0.603. The van der Waals surface area contributed by atoms with Crippen molar-refractivity contribution in [2.24, 2.45) is 0 Å². The van der Waals surface area contributed by atoms with Crippen molar-refractivity contribution < 1.29 is 14.3 Å². The molecule has 3 aromatic rings. The molecule has 23 heavy (non-hydrogen) atoms. The van der Waals surface area contributed by atoms with Gasteiger partial charge in [0.05, 0.1) is 24.9 Å². The molecule has 118 valence electrons. The molecule has 0 aliphatic heterocycles. The molecule has 3 rings (SSSR count). The normalized spacial score (nSPS) is 10.6. The Hall–Kier alpha value is -2.24. The van der Waals surface area contributed by atoms with Crippen molar-refractivity contribution in [3.63, 3.8) is 0 Å². The van der Waals surface area contributed by atoms with Gasteiger partial charge in [-0.2, -0.15) is 0 Å². The molecule has 4 nitrogen and oxygen atoms in total. The van der Waals surface area contributed by atoms with Gasteiger partial charge in [-0.3, -0.25) is 4.79 Å². The minimum atomic E-state index is -0.264. The zero-order valence-electron chi connectivity index (χ0n) is 12.6. The van der Waals surface area contributed by atoms with Crippen LogP contribution in [0.1, 0.15) is 9.67 Å². The summed E-state index contributed by atoms with van der Waals surface area (Å²) in [4.78, 5) is 13.0. The number of anilines is 1. The average molecular weight is 348 g/mol. The van der Waals surface area contributed by atoms with Gasteiger partial charge in [-0.25, -0.2) is 0 Å². The van der Waals surface area contributed by atoms with Crippen LogP contribution >= 0.6 is 22.9 Å². The van der Waals surface area contributed by atoms with Crippen molar-refractivity contribution in [3.8, 4) is 11.5 Å². The Morgan fingerprint density at radius 1 is 1.13 bits per heavy atom. The Balaban J connectivity index is 1.96. The first-order valence-corrected chi connectivity index (χ1v) is 8.04. The standard InChI is InChI=1S/C17H14ClNO3S/c1-21-10-7-8-11-14(9-10)23-16(15(11)18)17(20)19-12-5-3-4-6-13(12)22-2/h3-9H,1-2H3,(H,19,20). The number of rotatable bonds is 4. The highest BCUT2D eigenvalue weighted by Crippen LogP contribution is 2.38. The van der Waals surface area contributed by atoms with Crippen LogP contribution in [0, 0.1) is 0 Å². The third-order valence-corrected chi connectivity index (χ3v) is 5.05. The van der Waals surface area contributed by atoms with Gasteiger partial charge in [0, 0.05) is 10.1 Å². The smallest absolute Gasteiger partial charge is 0.267 e. The first-order valence-electron chi connectivity index (χ1n) is 6.84. The molecule has 1 aromatic heterocycles. The number of ether oxygens (including phenoxy) is 2. The third kappa shape index (κ3) is 2.98. The van der Waals surface area contributed by atoms with E-state index in [1.807, 2.05) is 30.3 Å². The summed E-state index contributed by atoms with van der Waals surface area (Å²) in [7, 11) is 3.16. The fraction of sp³-hybridized carbons (Fsp3) is 0.118. The zero-order valence-corrected chi connectivity index (χ0v) is 14.1. The quantitative estimate of drug-likeness (QED) is 0.735. The van der Waals surface area contributed by atoms with E-state index in [1.54, 1.807) is 26.4 Å². The van der Waals surface area contributed by atoms with E-state index in [2.05, 4.69) is 5.32 Å². The van der Waals surface area contributed by atoms with Crippen molar-refractivity contribution in [1.82, 2.24) is 0 Å². The van der Waals surface area contributed by atoms with Crippen LogP contribution in [0.2, 0.25) is 5.02 Å². The van der Waals surface area contributed by atoms with Gasteiger partial charge in [0.2, 0.25) is 0 Å². The molecular weight excluding hydrogens is 334 g/mol. The summed E-state index contributed by atoms with van der Waals surface area (Å²) in [6, 6.07) is 12.8. The molecule has 0 saturated carbocycles. The summed E-state index contributed by atoms with van der Waals surface area (Å²) >= 11 is 7.69. The first-order chi connectivity index (χ1) is 11.1. The molecule has 0 aliphatic rings. The molecule has 0 fully saturated rings. The Morgan fingerprint density at radius 3 is 2.65 bits per heavy atom. The van der Waals surface area contributed by atoms with Crippen LogP contribution in [0.4, 0.5) is 5.69 Å². The Kier molecular flexibility index (Phi) is 4.41. The number of hydrogen-bond donors (Lipinski definition) is 1. The predicted octanol–water partition coefficient (Wildman–Crippen LogP) is 4.82. The number of nitrogens with one attached hydrogen (secondary N) is 1. The number of carbonyl (C=O) groups is 1. The van der Waals surface area contributed by atoms with E-state index >= 15 is 0 Å². The van der Waals surface area contributed by atoms with Crippen LogP contribution in [-0.4, -0.2) is 20.1 Å². The van der Waals surface area contributed by atoms with Crippen LogP contribution in [0.15, 0.2) is 42.5 Å². The number of halogens is 1. The molecule has 1 heterocycles. The number of fused-ring (bicyclic) bond motifs is 1. The topological polar surface area (TPSA) is 47.6 Å². The van der Waals surface area contributed by atoms with E-state index in [-0.39, 0.29) is 5.91 Å². The maximum absolute atomic E-state index is 12.6. The molecule has 0 saturated heterocycles. The molecule has 0 spiro atoms. The van der Waals surface area contributed by atoms with Crippen LogP contribution in [0.25, 0.3) is 10.1 Å². The maximum Gasteiger partial charge on any atom is 0.267 e. The second-order valence-corrected chi connectivity index (χ2v) is 6.19. The number of hydrogen-bond acceptors (Lipinski definition) is 4. The van der Waals surface area contributed by atoms with Gasteiger partial charge in [0.15, 0.2) is 0 Å². The predicted molar refractivity (Wildman–Crippen MR) is 94.3 cm³/mol. The number of thiophene rings is 1. The first kappa shape index (κ1) is 15.6. The highest BCUT2D eigenvalue weighted by atomic mass is 35.5. The van der Waals surface area contributed by atoms with Crippen LogP contribution < -0.4 is 14.8 Å².